The van der Waals surface area contributed by atoms with Gasteiger partial charge in [0.25, 0.3) is 0 Å². The van der Waals surface area contributed by atoms with Gasteiger partial charge in [-0.2, -0.15) is 0 Å². The zero-order valence-corrected chi connectivity index (χ0v) is 11.3. The second-order valence-electron chi connectivity index (χ2n) is 4.94. The molecule has 0 aliphatic heterocycles. The molecule has 19 heavy (non-hydrogen) atoms. The Bertz CT molecular complexity index is 459. The molecule has 0 aromatic heterocycles. The van der Waals surface area contributed by atoms with Crippen LogP contribution in [0.1, 0.15) is 41.5 Å². The van der Waals surface area contributed by atoms with Gasteiger partial charge in [-0.3, -0.25) is 0 Å². The second kappa shape index (κ2) is 6.33. The number of rotatable bonds is 4. The Labute approximate surface area is 112 Å². The Morgan fingerprint density at radius 2 is 1.74 bits per heavy atom. The van der Waals surface area contributed by atoms with E-state index in [1.807, 2.05) is 0 Å². The smallest absolute Gasteiger partial charge is 0.338 e. The summed E-state index contributed by atoms with van der Waals surface area (Å²) >= 11 is 0. The zero-order valence-electron chi connectivity index (χ0n) is 11.3. The van der Waals surface area contributed by atoms with Crippen molar-refractivity contribution in [1.82, 2.24) is 0 Å². The van der Waals surface area contributed by atoms with Gasteiger partial charge in [0.05, 0.1) is 17.7 Å². The fourth-order valence-electron chi connectivity index (χ4n) is 1.33. The molecule has 1 rings (SSSR count). The molecule has 0 fully saturated rings. The molecule has 0 atom stereocenters. The summed E-state index contributed by atoms with van der Waals surface area (Å²) in [6, 6.07) is 6.09. The van der Waals surface area contributed by atoms with Crippen LogP contribution in [0, 0.1) is 0 Å². The highest BCUT2D eigenvalue weighted by Crippen LogP contribution is 2.13. The number of ether oxygens (including phenoxy) is 2. The molecule has 1 aromatic carbocycles. The SMILES string of the molecule is CC(C)(C)OC(=O)c1cccc(C(=O)OCCO)c1. The molecule has 5 heteroatoms. The number of esters is 2. The van der Waals surface area contributed by atoms with E-state index >= 15 is 0 Å². The van der Waals surface area contributed by atoms with Crippen LogP contribution in [0.25, 0.3) is 0 Å². The van der Waals surface area contributed by atoms with Gasteiger partial charge in [-0.25, -0.2) is 9.59 Å². The van der Waals surface area contributed by atoms with E-state index in [0.717, 1.165) is 0 Å². The molecule has 104 valence electrons. The summed E-state index contributed by atoms with van der Waals surface area (Å²) in [6.45, 7) is 4.99. The Hall–Kier alpha value is -1.88. The zero-order chi connectivity index (χ0) is 14.5. The number of benzene rings is 1. The first-order valence-electron chi connectivity index (χ1n) is 5.95. The number of hydrogen-bond donors (Lipinski definition) is 1. The fraction of sp³-hybridized carbons (Fsp3) is 0.429. The molecule has 0 radical (unpaired) electrons. The highest BCUT2D eigenvalue weighted by Gasteiger charge is 2.19. The third kappa shape index (κ3) is 5.09. The van der Waals surface area contributed by atoms with Crippen LogP contribution in [0.4, 0.5) is 0 Å². The standard InChI is InChI=1S/C14H18O5/c1-14(2,3)19-13(17)11-6-4-5-10(9-11)12(16)18-8-7-15/h4-6,9,15H,7-8H2,1-3H3. The van der Waals surface area contributed by atoms with Gasteiger partial charge in [0.2, 0.25) is 0 Å². The van der Waals surface area contributed by atoms with Crippen molar-refractivity contribution in [2.24, 2.45) is 0 Å². The minimum absolute atomic E-state index is 0.0739. The van der Waals surface area contributed by atoms with Gasteiger partial charge in [0.15, 0.2) is 0 Å². The van der Waals surface area contributed by atoms with Gasteiger partial charge in [-0.15, -0.1) is 0 Å². The van der Waals surface area contributed by atoms with E-state index < -0.39 is 17.5 Å². The summed E-state index contributed by atoms with van der Waals surface area (Å²) in [4.78, 5) is 23.4. The molecule has 0 spiro atoms. The average molecular weight is 266 g/mol. The number of aliphatic hydroxyl groups is 1. The molecule has 0 heterocycles. The van der Waals surface area contributed by atoms with E-state index in [1.165, 1.54) is 12.1 Å². The molecule has 0 saturated carbocycles. The highest BCUT2D eigenvalue weighted by molar-refractivity contribution is 5.95. The third-order valence-electron chi connectivity index (χ3n) is 2.06. The molecular weight excluding hydrogens is 248 g/mol. The number of hydrogen-bond acceptors (Lipinski definition) is 5. The van der Waals surface area contributed by atoms with Crippen LogP contribution >= 0.6 is 0 Å². The minimum atomic E-state index is -0.593. The van der Waals surface area contributed by atoms with E-state index in [4.69, 9.17) is 14.6 Å². The lowest BCUT2D eigenvalue weighted by Crippen LogP contribution is -2.24. The molecule has 0 aliphatic carbocycles. The highest BCUT2D eigenvalue weighted by atomic mass is 16.6. The van der Waals surface area contributed by atoms with Crippen LogP contribution in [0.15, 0.2) is 24.3 Å². The predicted molar refractivity (Wildman–Crippen MR) is 69.0 cm³/mol. The molecule has 1 aromatic rings. The van der Waals surface area contributed by atoms with Gasteiger partial charge >= 0.3 is 11.9 Å². The molecule has 1 N–H and O–H groups in total. The third-order valence-corrected chi connectivity index (χ3v) is 2.06. The van der Waals surface area contributed by atoms with Crippen LogP contribution in [-0.4, -0.2) is 35.9 Å². The van der Waals surface area contributed by atoms with Crippen molar-refractivity contribution in [3.63, 3.8) is 0 Å². The molecule has 5 nitrogen and oxygen atoms in total. The van der Waals surface area contributed by atoms with Crippen molar-refractivity contribution < 1.29 is 24.2 Å². The Morgan fingerprint density at radius 3 is 2.26 bits per heavy atom. The van der Waals surface area contributed by atoms with Gasteiger partial charge in [-0.05, 0) is 39.0 Å². The van der Waals surface area contributed by atoms with Crippen LogP contribution in [-0.2, 0) is 9.47 Å². The maximum atomic E-state index is 11.8. The first-order valence-corrected chi connectivity index (χ1v) is 5.95. The second-order valence-corrected chi connectivity index (χ2v) is 4.94. The fourth-order valence-corrected chi connectivity index (χ4v) is 1.33. The summed E-state index contributed by atoms with van der Waals surface area (Å²) in [7, 11) is 0. The molecule has 0 bridgehead atoms. The summed E-state index contributed by atoms with van der Waals surface area (Å²) in [6.07, 6.45) is 0. The van der Waals surface area contributed by atoms with Crippen LogP contribution < -0.4 is 0 Å². The molecule has 0 unspecified atom stereocenters. The van der Waals surface area contributed by atoms with Gasteiger partial charge in [0, 0.05) is 0 Å². The van der Waals surface area contributed by atoms with Crippen molar-refractivity contribution in [1.29, 1.82) is 0 Å². The summed E-state index contributed by atoms with van der Waals surface area (Å²) in [5.41, 5.74) is -0.0602. The quantitative estimate of drug-likeness (QED) is 0.841. The average Bonchev–Trinajstić information content (AvgIpc) is 2.34. The van der Waals surface area contributed by atoms with E-state index in [-0.39, 0.29) is 24.3 Å². The monoisotopic (exact) mass is 266 g/mol. The summed E-state index contributed by atoms with van der Waals surface area (Å²) in [5, 5.41) is 8.58. The molecule has 0 amide bonds. The topological polar surface area (TPSA) is 72.8 Å². The Kier molecular flexibility index (Phi) is 5.06. The predicted octanol–water partition coefficient (Wildman–Crippen LogP) is 1.79. The van der Waals surface area contributed by atoms with Crippen molar-refractivity contribution in [2.45, 2.75) is 26.4 Å². The largest absolute Gasteiger partial charge is 0.460 e. The van der Waals surface area contributed by atoms with Crippen LogP contribution in [0.5, 0.6) is 0 Å². The summed E-state index contributed by atoms with van der Waals surface area (Å²) in [5.74, 6) is -1.08. The molecular formula is C14H18O5. The lowest BCUT2D eigenvalue weighted by Gasteiger charge is -2.19. The van der Waals surface area contributed by atoms with Gasteiger partial charge in [0.1, 0.15) is 12.2 Å². The number of carbonyl (C=O) groups excluding carboxylic acids is 2. The van der Waals surface area contributed by atoms with E-state index in [0.29, 0.717) is 0 Å². The van der Waals surface area contributed by atoms with E-state index in [1.54, 1.807) is 32.9 Å². The maximum absolute atomic E-state index is 11.8. The maximum Gasteiger partial charge on any atom is 0.338 e. The van der Waals surface area contributed by atoms with Crippen LogP contribution in [0.3, 0.4) is 0 Å². The number of aliphatic hydroxyl groups excluding tert-OH is 1. The Balaban J connectivity index is 2.82. The molecule has 0 saturated heterocycles. The van der Waals surface area contributed by atoms with Crippen molar-refractivity contribution >= 4 is 11.9 Å². The normalized spacial score (nSPS) is 10.9. The van der Waals surface area contributed by atoms with Crippen molar-refractivity contribution in [2.75, 3.05) is 13.2 Å². The lowest BCUT2D eigenvalue weighted by molar-refractivity contribution is 0.00695. The lowest BCUT2D eigenvalue weighted by atomic mass is 10.1. The van der Waals surface area contributed by atoms with E-state index in [2.05, 4.69) is 0 Å². The van der Waals surface area contributed by atoms with Crippen LogP contribution in [0.2, 0.25) is 0 Å². The van der Waals surface area contributed by atoms with E-state index in [9.17, 15) is 9.59 Å². The van der Waals surface area contributed by atoms with Gasteiger partial charge in [-0.1, -0.05) is 6.07 Å². The summed E-state index contributed by atoms with van der Waals surface area (Å²) < 4.78 is 9.98. The Morgan fingerprint density at radius 1 is 1.16 bits per heavy atom. The minimum Gasteiger partial charge on any atom is -0.460 e. The number of carbonyl (C=O) groups is 2. The molecule has 0 aliphatic rings. The first-order chi connectivity index (χ1) is 8.83. The first kappa shape index (κ1) is 15.2. The van der Waals surface area contributed by atoms with Crippen molar-refractivity contribution in [3.05, 3.63) is 35.4 Å². The van der Waals surface area contributed by atoms with Gasteiger partial charge < -0.3 is 14.6 Å². The van der Waals surface area contributed by atoms with Crippen molar-refractivity contribution in [3.8, 4) is 0 Å².